The molecule has 0 amide bonds. The van der Waals surface area contributed by atoms with Crippen LogP contribution in [0.15, 0.2) is 12.2 Å². The fourth-order valence-electron chi connectivity index (χ4n) is 2.39. The van der Waals surface area contributed by atoms with Crippen LogP contribution >= 0.6 is 0 Å². The maximum Gasteiger partial charge on any atom is 0.305 e. The maximum absolute atomic E-state index is 11.6. The largest absolute Gasteiger partial charge is 0.469 e. The summed E-state index contributed by atoms with van der Waals surface area (Å²) in [7, 11) is 1.39. The first-order valence-electron chi connectivity index (χ1n) is 9.15. The predicted molar refractivity (Wildman–Crippen MR) is 94.6 cm³/mol. The number of ketones is 1. The Balaban J connectivity index is 3.69. The van der Waals surface area contributed by atoms with Crippen LogP contribution in [-0.2, 0) is 14.3 Å². The molecule has 0 heterocycles. The van der Waals surface area contributed by atoms with E-state index in [1.807, 2.05) is 0 Å². The molecule has 0 bridgehead atoms. The molecule has 0 saturated heterocycles. The molecule has 24 heavy (non-hydrogen) atoms. The van der Waals surface area contributed by atoms with Gasteiger partial charge in [-0.05, 0) is 25.3 Å². The number of ether oxygens (including phenoxy) is 1. The van der Waals surface area contributed by atoms with E-state index in [4.69, 9.17) is 0 Å². The minimum Gasteiger partial charge on any atom is -0.469 e. The molecule has 5 heteroatoms. The van der Waals surface area contributed by atoms with Crippen LogP contribution in [0.1, 0.15) is 77.6 Å². The van der Waals surface area contributed by atoms with Crippen molar-refractivity contribution in [2.24, 2.45) is 0 Å². The minimum absolute atomic E-state index is 0.000283. The van der Waals surface area contributed by atoms with Gasteiger partial charge in [0.1, 0.15) is 0 Å². The van der Waals surface area contributed by atoms with E-state index in [9.17, 15) is 19.8 Å². The van der Waals surface area contributed by atoms with Gasteiger partial charge in [0.25, 0.3) is 0 Å². The normalized spacial score (nSPS) is 13.8. The van der Waals surface area contributed by atoms with Crippen LogP contribution < -0.4 is 0 Å². The van der Waals surface area contributed by atoms with Crippen molar-refractivity contribution in [2.45, 2.75) is 89.8 Å². The van der Waals surface area contributed by atoms with Crippen molar-refractivity contribution in [1.82, 2.24) is 0 Å². The van der Waals surface area contributed by atoms with Gasteiger partial charge in [0.2, 0.25) is 0 Å². The van der Waals surface area contributed by atoms with Gasteiger partial charge in [0, 0.05) is 12.8 Å². The lowest BCUT2D eigenvalue weighted by Gasteiger charge is -2.14. The Bertz CT molecular complexity index is 365. The summed E-state index contributed by atoms with van der Waals surface area (Å²) in [6.45, 7) is 2.08. The molecule has 0 aliphatic rings. The summed E-state index contributed by atoms with van der Waals surface area (Å²) in [6.07, 6.45) is 9.93. The summed E-state index contributed by atoms with van der Waals surface area (Å²) < 4.78 is 4.57. The Hall–Kier alpha value is -1.20. The molecular formula is C19H34O5. The molecule has 2 atom stereocenters. The standard InChI is InChI=1S/C19H34O5/c1-3-4-8-11-16(20)14-15-18(22)17(21)12-9-6-5-7-10-13-19(23)24-2/h14-15,17-18,21-22H,3-13H2,1-2H3/b15-14+/t17-,18-/m1/s1. The first-order chi connectivity index (χ1) is 11.5. The van der Waals surface area contributed by atoms with Crippen molar-refractivity contribution >= 4 is 11.8 Å². The van der Waals surface area contributed by atoms with Crippen molar-refractivity contribution in [3.8, 4) is 0 Å². The molecule has 0 fully saturated rings. The van der Waals surface area contributed by atoms with Crippen LogP contribution in [0.5, 0.6) is 0 Å². The highest BCUT2D eigenvalue weighted by Gasteiger charge is 2.13. The monoisotopic (exact) mass is 342 g/mol. The van der Waals surface area contributed by atoms with Gasteiger partial charge < -0.3 is 14.9 Å². The number of hydrogen-bond donors (Lipinski definition) is 2. The molecule has 2 N–H and O–H groups in total. The fourth-order valence-corrected chi connectivity index (χ4v) is 2.39. The molecule has 0 saturated carbocycles. The topological polar surface area (TPSA) is 83.8 Å². The second-order valence-corrected chi connectivity index (χ2v) is 6.22. The zero-order chi connectivity index (χ0) is 18.2. The van der Waals surface area contributed by atoms with Crippen molar-refractivity contribution in [3.63, 3.8) is 0 Å². The van der Waals surface area contributed by atoms with Gasteiger partial charge in [-0.2, -0.15) is 0 Å². The smallest absolute Gasteiger partial charge is 0.305 e. The van der Waals surface area contributed by atoms with E-state index in [-0.39, 0.29) is 11.8 Å². The minimum atomic E-state index is -0.987. The van der Waals surface area contributed by atoms with Crippen molar-refractivity contribution in [2.75, 3.05) is 7.11 Å². The number of carbonyl (C=O) groups excluding carboxylic acids is 2. The number of allylic oxidation sites excluding steroid dienone is 1. The number of methoxy groups -OCH3 is 1. The van der Waals surface area contributed by atoms with Crippen LogP contribution in [0, 0.1) is 0 Å². The Morgan fingerprint density at radius 3 is 2.25 bits per heavy atom. The Morgan fingerprint density at radius 2 is 1.58 bits per heavy atom. The van der Waals surface area contributed by atoms with E-state index in [2.05, 4.69) is 11.7 Å². The predicted octanol–water partition coefficient (Wildman–Crippen LogP) is 3.32. The van der Waals surface area contributed by atoms with Gasteiger partial charge in [-0.1, -0.05) is 51.5 Å². The van der Waals surface area contributed by atoms with Gasteiger partial charge in [-0.25, -0.2) is 0 Å². The van der Waals surface area contributed by atoms with Crippen LogP contribution in [0.4, 0.5) is 0 Å². The summed E-state index contributed by atoms with van der Waals surface area (Å²) in [6, 6.07) is 0. The van der Waals surface area contributed by atoms with Crippen molar-refractivity contribution in [1.29, 1.82) is 0 Å². The van der Waals surface area contributed by atoms with Gasteiger partial charge >= 0.3 is 5.97 Å². The molecule has 0 spiro atoms. The zero-order valence-corrected chi connectivity index (χ0v) is 15.2. The summed E-state index contributed by atoms with van der Waals surface area (Å²) in [5.74, 6) is -0.176. The number of carbonyl (C=O) groups is 2. The number of esters is 1. The lowest BCUT2D eigenvalue weighted by molar-refractivity contribution is -0.140. The highest BCUT2D eigenvalue weighted by atomic mass is 16.5. The highest BCUT2D eigenvalue weighted by Crippen LogP contribution is 2.11. The molecule has 0 unspecified atom stereocenters. The third-order valence-electron chi connectivity index (χ3n) is 4.01. The van der Waals surface area contributed by atoms with Crippen molar-refractivity contribution in [3.05, 3.63) is 12.2 Å². The van der Waals surface area contributed by atoms with Gasteiger partial charge in [-0.3, -0.25) is 9.59 Å². The highest BCUT2D eigenvalue weighted by molar-refractivity contribution is 5.89. The number of unbranched alkanes of at least 4 members (excludes halogenated alkanes) is 6. The van der Waals surface area contributed by atoms with E-state index in [0.717, 1.165) is 51.4 Å². The van der Waals surface area contributed by atoms with E-state index in [1.165, 1.54) is 19.3 Å². The van der Waals surface area contributed by atoms with Crippen molar-refractivity contribution < 1.29 is 24.5 Å². The second kappa shape index (κ2) is 15.3. The van der Waals surface area contributed by atoms with Crippen LogP contribution in [0.3, 0.4) is 0 Å². The molecule has 140 valence electrons. The second-order valence-electron chi connectivity index (χ2n) is 6.22. The van der Waals surface area contributed by atoms with Crippen LogP contribution in [0.2, 0.25) is 0 Å². The summed E-state index contributed by atoms with van der Waals surface area (Å²) in [4.78, 5) is 22.5. The van der Waals surface area contributed by atoms with Gasteiger partial charge in [0.05, 0.1) is 19.3 Å². The summed E-state index contributed by atoms with van der Waals surface area (Å²) >= 11 is 0. The van der Waals surface area contributed by atoms with E-state index >= 15 is 0 Å². The molecule has 0 aromatic carbocycles. The number of hydrogen-bond acceptors (Lipinski definition) is 5. The SMILES string of the molecule is CCCCCC(=O)/C=C/[C@@H](O)[C@H](O)CCCCCCCC(=O)OC. The van der Waals surface area contributed by atoms with Gasteiger partial charge in [0.15, 0.2) is 5.78 Å². The van der Waals surface area contributed by atoms with E-state index < -0.39 is 12.2 Å². The van der Waals surface area contributed by atoms with E-state index in [1.54, 1.807) is 0 Å². The fraction of sp³-hybridized carbons (Fsp3) is 0.789. The molecule has 0 radical (unpaired) electrons. The number of aliphatic hydroxyl groups is 2. The van der Waals surface area contributed by atoms with Crippen LogP contribution in [-0.4, -0.2) is 41.3 Å². The average Bonchev–Trinajstić information content (AvgIpc) is 2.58. The molecular weight excluding hydrogens is 308 g/mol. The van der Waals surface area contributed by atoms with Gasteiger partial charge in [-0.15, -0.1) is 0 Å². The number of aliphatic hydroxyl groups excluding tert-OH is 2. The quantitative estimate of drug-likeness (QED) is 0.271. The number of rotatable bonds is 15. The summed E-state index contributed by atoms with van der Waals surface area (Å²) in [5.41, 5.74) is 0. The molecule has 0 aromatic rings. The van der Waals surface area contributed by atoms with Crippen LogP contribution in [0.25, 0.3) is 0 Å². The molecule has 0 aliphatic heterocycles. The first kappa shape index (κ1) is 22.8. The average molecular weight is 342 g/mol. The molecule has 0 aromatic heterocycles. The maximum atomic E-state index is 11.6. The Kier molecular flexibility index (Phi) is 14.6. The van der Waals surface area contributed by atoms with E-state index in [0.29, 0.717) is 19.3 Å². The Labute approximate surface area is 146 Å². The third kappa shape index (κ3) is 13.3. The molecule has 5 nitrogen and oxygen atoms in total. The zero-order valence-electron chi connectivity index (χ0n) is 15.2. The lowest BCUT2D eigenvalue weighted by atomic mass is 10.0. The molecule has 0 rings (SSSR count). The lowest BCUT2D eigenvalue weighted by Crippen LogP contribution is -2.23. The first-order valence-corrected chi connectivity index (χ1v) is 9.15. The summed E-state index contributed by atoms with van der Waals surface area (Å²) in [5, 5.41) is 19.7. The molecule has 0 aliphatic carbocycles. The third-order valence-corrected chi connectivity index (χ3v) is 4.01. The Morgan fingerprint density at radius 1 is 0.958 bits per heavy atom.